The number of halogens is 1. The molecule has 1 aliphatic heterocycles. The highest BCUT2D eigenvalue weighted by atomic mass is 19.1. The molecule has 21 heavy (non-hydrogen) atoms. The normalized spacial score (nSPS) is 18.7. The van der Waals surface area contributed by atoms with Crippen LogP contribution in [0.3, 0.4) is 0 Å². The minimum absolute atomic E-state index is 0.00990. The van der Waals surface area contributed by atoms with Gasteiger partial charge < -0.3 is 4.90 Å². The summed E-state index contributed by atoms with van der Waals surface area (Å²) in [5, 5.41) is 6.93. The van der Waals surface area contributed by atoms with Crippen LogP contribution < -0.4 is 0 Å². The van der Waals surface area contributed by atoms with Crippen molar-refractivity contribution < 1.29 is 9.18 Å². The first-order valence-electron chi connectivity index (χ1n) is 7.25. The molecule has 1 N–H and O–H groups in total. The second-order valence-corrected chi connectivity index (χ2v) is 5.55. The Labute approximate surface area is 123 Å². The second-order valence-electron chi connectivity index (χ2n) is 5.55. The van der Waals surface area contributed by atoms with Gasteiger partial charge in [-0.15, -0.1) is 0 Å². The first-order chi connectivity index (χ1) is 10.2. The predicted molar refractivity (Wildman–Crippen MR) is 77.3 cm³/mol. The Hall–Kier alpha value is -2.17. The van der Waals surface area contributed by atoms with E-state index in [1.54, 1.807) is 18.3 Å². The molecule has 1 aromatic carbocycles. The van der Waals surface area contributed by atoms with Gasteiger partial charge in [0.25, 0.3) is 5.91 Å². The van der Waals surface area contributed by atoms with Crippen molar-refractivity contribution in [3.63, 3.8) is 0 Å². The zero-order valence-electron chi connectivity index (χ0n) is 11.8. The predicted octanol–water partition coefficient (Wildman–Crippen LogP) is 2.64. The van der Waals surface area contributed by atoms with Crippen LogP contribution in [-0.2, 0) is 6.42 Å². The number of hydrogen-bond acceptors (Lipinski definition) is 2. The summed E-state index contributed by atoms with van der Waals surface area (Å²) >= 11 is 0. The number of H-pyrrole nitrogens is 1. The first kappa shape index (κ1) is 13.8. The Kier molecular flexibility index (Phi) is 3.99. The molecule has 1 aromatic heterocycles. The molecule has 2 heterocycles. The standard InChI is InChI=1S/C16H18FN3O/c17-14-5-3-13(4-6-14)16(21)20-9-1-2-12(11-20)10-15-7-8-18-19-15/h3-8,12H,1-2,9-11H2,(H,18,19)/t12-/m1/s1. The summed E-state index contributed by atoms with van der Waals surface area (Å²) in [6.07, 6.45) is 4.78. The summed E-state index contributed by atoms with van der Waals surface area (Å²) in [5.41, 5.74) is 1.66. The number of hydrogen-bond donors (Lipinski definition) is 1. The summed E-state index contributed by atoms with van der Waals surface area (Å²) in [4.78, 5) is 14.3. The molecule has 4 nitrogen and oxygen atoms in total. The van der Waals surface area contributed by atoms with Gasteiger partial charge in [-0.3, -0.25) is 9.89 Å². The van der Waals surface area contributed by atoms with Crippen molar-refractivity contribution in [1.29, 1.82) is 0 Å². The molecule has 110 valence electrons. The molecule has 3 rings (SSSR count). The molecule has 0 bridgehead atoms. The minimum Gasteiger partial charge on any atom is -0.338 e. The van der Waals surface area contributed by atoms with Crippen LogP contribution in [0.5, 0.6) is 0 Å². The molecule has 0 unspecified atom stereocenters. The van der Waals surface area contributed by atoms with Crippen LogP contribution in [-0.4, -0.2) is 34.1 Å². The van der Waals surface area contributed by atoms with Gasteiger partial charge in [0.05, 0.1) is 0 Å². The molecule has 0 spiro atoms. The van der Waals surface area contributed by atoms with Gasteiger partial charge in [-0.05, 0) is 55.5 Å². The van der Waals surface area contributed by atoms with E-state index in [0.29, 0.717) is 11.5 Å². The van der Waals surface area contributed by atoms with Crippen LogP contribution in [0.2, 0.25) is 0 Å². The van der Waals surface area contributed by atoms with Gasteiger partial charge >= 0.3 is 0 Å². The SMILES string of the molecule is O=C(c1ccc(F)cc1)N1CCC[C@H](Cc2ccn[nH]2)C1. The lowest BCUT2D eigenvalue weighted by atomic mass is 9.93. The quantitative estimate of drug-likeness (QED) is 0.943. The lowest BCUT2D eigenvalue weighted by molar-refractivity contribution is 0.0672. The lowest BCUT2D eigenvalue weighted by Gasteiger charge is -2.32. The van der Waals surface area contributed by atoms with Crippen LogP contribution >= 0.6 is 0 Å². The van der Waals surface area contributed by atoms with Gasteiger partial charge in [-0.25, -0.2) is 4.39 Å². The average molecular weight is 287 g/mol. The number of aromatic nitrogens is 2. The maximum Gasteiger partial charge on any atom is 0.253 e. The van der Waals surface area contributed by atoms with E-state index in [-0.39, 0.29) is 11.7 Å². The maximum atomic E-state index is 12.9. The van der Waals surface area contributed by atoms with Crippen molar-refractivity contribution in [2.24, 2.45) is 5.92 Å². The van der Waals surface area contributed by atoms with Crippen molar-refractivity contribution in [2.75, 3.05) is 13.1 Å². The van der Waals surface area contributed by atoms with Gasteiger partial charge in [0.2, 0.25) is 0 Å². The van der Waals surface area contributed by atoms with E-state index < -0.39 is 0 Å². The van der Waals surface area contributed by atoms with E-state index in [0.717, 1.165) is 38.0 Å². The minimum atomic E-state index is -0.317. The summed E-state index contributed by atoms with van der Waals surface area (Å²) in [5.74, 6) is 0.121. The lowest BCUT2D eigenvalue weighted by Crippen LogP contribution is -2.40. The Bertz CT molecular complexity index is 594. The molecule has 1 fully saturated rings. The molecule has 2 aromatic rings. The Morgan fingerprint density at radius 2 is 2.14 bits per heavy atom. The summed E-state index contributed by atoms with van der Waals surface area (Å²) < 4.78 is 12.9. The van der Waals surface area contributed by atoms with Gasteiger partial charge in [-0.1, -0.05) is 0 Å². The van der Waals surface area contributed by atoms with Crippen molar-refractivity contribution in [1.82, 2.24) is 15.1 Å². The zero-order valence-corrected chi connectivity index (χ0v) is 11.8. The van der Waals surface area contributed by atoms with Crippen LogP contribution in [0.1, 0.15) is 28.9 Å². The number of nitrogens with zero attached hydrogens (tertiary/aromatic N) is 2. The fraction of sp³-hybridized carbons (Fsp3) is 0.375. The van der Waals surface area contributed by atoms with E-state index in [4.69, 9.17) is 0 Å². The van der Waals surface area contributed by atoms with E-state index in [1.807, 2.05) is 11.0 Å². The Morgan fingerprint density at radius 3 is 2.86 bits per heavy atom. The number of amides is 1. The number of piperidine rings is 1. The number of carbonyl (C=O) groups excluding carboxylic acids is 1. The van der Waals surface area contributed by atoms with Crippen molar-refractivity contribution >= 4 is 5.91 Å². The molecule has 5 heteroatoms. The number of benzene rings is 1. The maximum absolute atomic E-state index is 12.9. The largest absolute Gasteiger partial charge is 0.338 e. The van der Waals surface area contributed by atoms with E-state index in [2.05, 4.69) is 10.2 Å². The third-order valence-corrected chi connectivity index (χ3v) is 3.96. The van der Waals surface area contributed by atoms with Gasteiger partial charge in [0.15, 0.2) is 0 Å². The summed E-state index contributed by atoms with van der Waals surface area (Å²) in [6.45, 7) is 1.52. The second kappa shape index (κ2) is 6.08. The number of carbonyl (C=O) groups is 1. The monoisotopic (exact) mass is 287 g/mol. The number of nitrogens with one attached hydrogen (secondary N) is 1. The third-order valence-electron chi connectivity index (χ3n) is 3.96. The Morgan fingerprint density at radius 1 is 1.33 bits per heavy atom. The summed E-state index contributed by atoms with van der Waals surface area (Å²) in [7, 11) is 0. The fourth-order valence-corrected chi connectivity index (χ4v) is 2.90. The van der Waals surface area contributed by atoms with Gasteiger partial charge in [0, 0.05) is 30.5 Å². The molecular weight excluding hydrogens is 269 g/mol. The Balaban J connectivity index is 1.65. The number of rotatable bonds is 3. The van der Waals surface area contributed by atoms with Crippen LogP contribution in [0.25, 0.3) is 0 Å². The number of aromatic amines is 1. The van der Waals surface area contributed by atoms with Gasteiger partial charge in [-0.2, -0.15) is 5.10 Å². The van der Waals surface area contributed by atoms with Crippen molar-refractivity contribution in [2.45, 2.75) is 19.3 Å². The molecule has 0 radical (unpaired) electrons. The van der Waals surface area contributed by atoms with Crippen LogP contribution in [0.4, 0.5) is 4.39 Å². The molecule has 1 saturated heterocycles. The molecule has 1 aliphatic rings. The molecular formula is C16H18FN3O. The summed E-state index contributed by atoms with van der Waals surface area (Å²) in [6, 6.07) is 7.74. The van der Waals surface area contributed by atoms with Crippen molar-refractivity contribution in [3.8, 4) is 0 Å². The van der Waals surface area contributed by atoms with E-state index in [9.17, 15) is 9.18 Å². The van der Waals surface area contributed by atoms with E-state index in [1.165, 1.54) is 12.1 Å². The fourth-order valence-electron chi connectivity index (χ4n) is 2.90. The molecule has 1 atom stereocenters. The van der Waals surface area contributed by atoms with Crippen LogP contribution in [0.15, 0.2) is 36.5 Å². The highest BCUT2D eigenvalue weighted by molar-refractivity contribution is 5.94. The zero-order chi connectivity index (χ0) is 14.7. The first-order valence-corrected chi connectivity index (χ1v) is 7.25. The van der Waals surface area contributed by atoms with Gasteiger partial charge in [0.1, 0.15) is 5.82 Å². The van der Waals surface area contributed by atoms with Crippen molar-refractivity contribution in [3.05, 3.63) is 53.6 Å². The van der Waals surface area contributed by atoms with Crippen LogP contribution in [0, 0.1) is 11.7 Å². The smallest absolute Gasteiger partial charge is 0.253 e. The molecule has 0 aliphatic carbocycles. The topological polar surface area (TPSA) is 49.0 Å². The number of likely N-dealkylation sites (tertiary alicyclic amines) is 1. The highest BCUT2D eigenvalue weighted by Gasteiger charge is 2.24. The average Bonchev–Trinajstić information content (AvgIpc) is 3.00. The molecule has 1 amide bonds. The third kappa shape index (κ3) is 3.29. The highest BCUT2D eigenvalue weighted by Crippen LogP contribution is 2.21. The molecule has 0 saturated carbocycles. The van der Waals surface area contributed by atoms with E-state index >= 15 is 0 Å².